The van der Waals surface area contributed by atoms with Gasteiger partial charge in [0.1, 0.15) is 5.75 Å². The van der Waals surface area contributed by atoms with E-state index in [1.165, 1.54) is 0 Å². The third kappa shape index (κ3) is 5.15. The van der Waals surface area contributed by atoms with Gasteiger partial charge < -0.3 is 15.4 Å². The Morgan fingerprint density at radius 2 is 1.64 bits per heavy atom. The van der Waals surface area contributed by atoms with Gasteiger partial charge in [-0.25, -0.2) is 8.42 Å². The number of nitrogens with one attached hydrogen (secondary N) is 2. The number of benzene rings is 3. The van der Waals surface area contributed by atoms with Crippen molar-refractivity contribution in [3.05, 3.63) is 90.0 Å². The van der Waals surface area contributed by atoms with Crippen molar-refractivity contribution < 1.29 is 22.7 Å². The van der Waals surface area contributed by atoms with Crippen molar-refractivity contribution in [2.75, 3.05) is 22.4 Å². The van der Waals surface area contributed by atoms with E-state index in [9.17, 15) is 18.0 Å². The van der Waals surface area contributed by atoms with Crippen LogP contribution in [0.25, 0.3) is 0 Å². The van der Waals surface area contributed by atoms with Crippen LogP contribution in [-0.2, 0) is 21.4 Å². The zero-order valence-corrected chi connectivity index (χ0v) is 18.7. The molecule has 0 aromatic heterocycles. The fourth-order valence-corrected chi connectivity index (χ4v) is 4.44. The van der Waals surface area contributed by atoms with Crippen molar-refractivity contribution in [1.82, 2.24) is 5.32 Å². The summed E-state index contributed by atoms with van der Waals surface area (Å²) in [6.07, 6.45) is -0.00811. The predicted molar refractivity (Wildman–Crippen MR) is 126 cm³/mol. The van der Waals surface area contributed by atoms with E-state index in [-0.39, 0.29) is 18.0 Å². The van der Waals surface area contributed by atoms with E-state index in [0.29, 0.717) is 23.7 Å². The first-order chi connectivity index (χ1) is 15.8. The van der Waals surface area contributed by atoms with Crippen LogP contribution in [0.4, 0.5) is 11.4 Å². The zero-order chi connectivity index (χ0) is 23.4. The maximum atomic E-state index is 13.0. The topological polar surface area (TPSA) is 105 Å². The second-order valence-electron chi connectivity index (χ2n) is 7.57. The van der Waals surface area contributed by atoms with E-state index in [0.717, 1.165) is 16.1 Å². The molecular formula is C24H23N3O5S. The minimum absolute atomic E-state index is 0.177. The van der Waals surface area contributed by atoms with Crippen molar-refractivity contribution in [3.63, 3.8) is 0 Å². The Kier molecular flexibility index (Phi) is 6.32. The summed E-state index contributed by atoms with van der Waals surface area (Å²) < 4.78 is 31.5. The first-order valence-corrected chi connectivity index (χ1v) is 12.1. The summed E-state index contributed by atoms with van der Waals surface area (Å²) in [5.41, 5.74) is 1.92. The van der Waals surface area contributed by atoms with Crippen LogP contribution < -0.4 is 19.7 Å². The van der Waals surface area contributed by atoms with Crippen molar-refractivity contribution >= 4 is 33.2 Å². The molecule has 3 aromatic rings. The number of sulfonamides is 1. The fraction of sp³-hybridized carbons (Fsp3) is 0.167. The highest BCUT2D eigenvalue weighted by Gasteiger charge is 2.35. The van der Waals surface area contributed by atoms with E-state index in [1.807, 2.05) is 30.3 Å². The Labute approximate surface area is 192 Å². The van der Waals surface area contributed by atoms with Gasteiger partial charge in [0.15, 0.2) is 6.10 Å². The molecule has 0 bridgehead atoms. The summed E-state index contributed by atoms with van der Waals surface area (Å²) in [6.45, 7) is 0.165. The SMILES string of the molecule is CS(=O)(=O)N1C[C@@H](C(=O)Nc2ccccc2C(=O)NCc2ccccc2)Oc2ccccc21. The highest BCUT2D eigenvalue weighted by atomic mass is 32.2. The van der Waals surface area contributed by atoms with E-state index >= 15 is 0 Å². The number of amides is 2. The second-order valence-corrected chi connectivity index (χ2v) is 9.48. The molecule has 1 heterocycles. The monoisotopic (exact) mass is 465 g/mol. The molecule has 0 radical (unpaired) electrons. The maximum Gasteiger partial charge on any atom is 0.267 e. The molecule has 0 fully saturated rings. The molecule has 33 heavy (non-hydrogen) atoms. The normalized spacial score (nSPS) is 15.2. The number of carbonyl (C=O) groups is 2. The average molecular weight is 466 g/mol. The Morgan fingerprint density at radius 1 is 0.970 bits per heavy atom. The number of anilines is 2. The highest BCUT2D eigenvalue weighted by molar-refractivity contribution is 7.92. The van der Waals surface area contributed by atoms with Gasteiger partial charge >= 0.3 is 0 Å². The van der Waals surface area contributed by atoms with Gasteiger partial charge in [0.2, 0.25) is 10.0 Å². The first-order valence-electron chi connectivity index (χ1n) is 10.3. The first kappa shape index (κ1) is 22.3. The number of hydrogen-bond donors (Lipinski definition) is 2. The lowest BCUT2D eigenvalue weighted by molar-refractivity contribution is -0.122. The third-order valence-corrected chi connectivity index (χ3v) is 6.30. The lowest BCUT2D eigenvalue weighted by atomic mass is 10.1. The molecule has 8 nitrogen and oxygen atoms in total. The van der Waals surface area contributed by atoms with E-state index in [2.05, 4.69) is 10.6 Å². The van der Waals surface area contributed by atoms with Gasteiger partial charge in [-0.15, -0.1) is 0 Å². The van der Waals surface area contributed by atoms with Gasteiger partial charge in [-0.1, -0.05) is 54.6 Å². The van der Waals surface area contributed by atoms with Crippen molar-refractivity contribution in [1.29, 1.82) is 0 Å². The molecule has 0 unspecified atom stereocenters. The van der Waals surface area contributed by atoms with E-state index < -0.39 is 22.0 Å². The summed E-state index contributed by atoms with van der Waals surface area (Å²) >= 11 is 0. The Balaban J connectivity index is 1.51. The molecule has 1 aliphatic heterocycles. The second kappa shape index (κ2) is 9.33. The predicted octanol–water partition coefficient (Wildman–Crippen LogP) is 2.78. The van der Waals surface area contributed by atoms with Crippen molar-refractivity contribution in [3.8, 4) is 5.75 Å². The van der Waals surface area contributed by atoms with Crippen LogP contribution in [0.5, 0.6) is 5.75 Å². The van der Waals surface area contributed by atoms with E-state index in [4.69, 9.17) is 4.74 Å². The number of ether oxygens (including phenoxy) is 1. The summed E-state index contributed by atoms with van der Waals surface area (Å²) in [6, 6.07) is 22.7. The van der Waals surface area contributed by atoms with Gasteiger partial charge in [-0.05, 0) is 29.8 Å². The van der Waals surface area contributed by atoms with Crippen molar-refractivity contribution in [2.45, 2.75) is 12.6 Å². The van der Waals surface area contributed by atoms with E-state index in [1.54, 1.807) is 48.5 Å². The minimum Gasteiger partial charge on any atom is -0.476 e. The number of para-hydroxylation sites is 3. The van der Waals surface area contributed by atoms with Crippen LogP contribution in [0.2, 0.25) is 0 Å². The number of fused-ring (bicyclic) bond motifs is 1. The maximum absolute atomic E-state index is 13.0. The smallest absolute Gasteiger partial charge is 0.267 e. The van der Waals surface area contributed by atoms with Gasteiger partial charge in [-0.3, -0.25) is 13.9 Å². The van der Waals surface area contributed by atoms with Crippen LogP contribution in [0.1, 0.15) is 15.9 Å². The molecule has 1 aliphatic rings. The van der Waals surface area contributed by atoms with Gasteiger partial charge in [0.05, 0.1) is 29.7 Å². The highest BCUT2D eigenvalue weighted by Crippen LogP contribution is 2.34. The lowest BCUT2D eigenvalue weighted by Gasteiger charge is -2.33. The standard InChI is InChI=1S/C24H23N3O5S/c1-33(30,31)27-16-22(32-21-14-8-7-13-20(21)27)24(29)26-19-12-6-5-11-18(19)23(28)25-15-17-9-3-2-4-10-17/h2-14,22H,15-16H2,1H3,(H,25,28)(H,26,29)/t22-/m0/s1. The van der Waals surface area contributed by atoms with Crippen LogP contribution in [-0.4, -0.2) is 39.1 Å². The van der Waals surface area contributed by atoms with Crippen LogP contribution in [0.3, 0.4) is 0 Å². The molecule has 2 amide bonds. The number of rotatable bonds is 6. The van der Waals surface area contributed by atoms with Gasteiger partial charge in [-0.2, -0.15) is 0 Å². The molecule has 9 heteroatoms. The van der Waals surface area contributed by atoms with Crippen molar-refractivity contribution in [2.24, 2.45) is 0 Å². The van der Waals surface area contributed by atoms with Gasteiger partial charge in [0.25, 0.3) is 11.8 Å². The molecule has 2 N–H and O–H groups in total. The molecule has 3 aromatic carbocycles. The van der Waals surface area contributed by atoms with Crippen LogP contribution in [0.15, 0.2) is 78.9 Å². The molecule has 4 rings (SSSR count). The fourth-order valence-electron chi connectivity index (χ4n) is 3.53. The summed E-state index contributed by atoms with van der Waals surface area (Å²) in [5.74, 6) is -0.605. The summed E-state index contributed by atoms with van der Waals surface area (Å²) in [4.78, 5) is 25.8. The largest absolute Gasteiger partial charge is 0.476 e. The quantitative estimate of drug-likeness (QED) is 0.583. The van der Waals surface area contributed by atoms with Crippen LogP contribution >= 0.6 is 0 Å². The molecule has 0 saturated heterocycles. The summed E-state index contributed by atoms with van der Waals surface area (Å²) in [5, 5.41) is 5.56. The summed E-state index contributed by atoms with van der Waals surface area (Å²) in [7, 11) is -3.62. The molecule has 0 aliphatic carbocycles. The number of nitrogens with zero attached hydrogens (tertiary/aromatic N) is 1. The molecule has 170 valence electrons. The number of hydrogen-bond acceptors (Lipinski definition) is 5. The molecule has 0 spiro atoms. The molecule has 1 atom stereocenters. The average Bonchev–Trinajstić information content (AvgIpc) is 2.82. The van der Waals surface area contributed by atoms with Crippen LogP contribution in [0, 0.1) is 0 Å². The Hall–Kier alpha value is -3.85. The Bertz CT molecular complexity index is 1280. The lowest BCUT2D eigenvalue weighted by Crippen LogP contribution is -2.48. The minimum atomic E-state index is -3.62. The van der Waals surface area contributed by atoms with Gasteiger partial charge in [0, 0.05) is 6.54 Å². The third-order valence-electron chi connectivity index (χ3n) is 5.15. The number of carbonyl (C=O) groups excluding carboxylic acids is 2. The Morgan fingerprint density at radius 3 is 2.39 bits per heavy atom. The molecular weight excluding hydrogens is 442 g/mol. The zero-order valence-electron chi connectivity index (χ0n) is 17.9. The molecule has 0 saturated carbocycles.